The molecular weight excluding hydrogens is 250 g/mol. The number of aryl methyl sites for hydroxylation is 1. The van der Waals surface area contributed by atoms with Crippen LogP contribution in [0, 0.1) is 10.8 Å². The van der Waals surface area contributed by atoms with Gasteiger partial charge in [0.2, 0.25) is 0 Å². The summed E-state index contributed by atoms with van der Waals surface area (Å²) in [7, 11) is 0. The molecule has 0 fully saturated rings. The zero-order valence-electron chi connectivity index (χ0n) is 12.1. The lowest BCUT2D eigenvalue weighted by molar-refractivity contribution is 0.663. The lowest BCUT2D eigenvalue weighted by Gasteiger charge is -2.12. The molecule has 5 heteroatoms. The molecule has 1 aromatic rings. The standard InChI is InChI=1S/C15H25N5/c1-2-3-4-5-8-12-9-6-7-10-13(12)11-19-15(18)20-14(16)17/h6-7,9-10H,2-5,8,11H2,1H3,(H6,16,17,18,19,20). The quantitative estimate of drug-likeness (QED) is 0.300. The van der Waals surface area contributed by atoms with Gasteiger partial charge in [-0.2, -0.15) is 0 Å². The Bertz CT molecular complexity index is 442. The van der Waals surface area contributed by atoms with E-state index in [0.717, 1.165) is 6.42 Å². The third-order valence-electron chi connectivity index (χ3n) is 3.13. The Morgan fingerprint density at radius 3 is 2.45 bits per heavy atom. The zero-order valence-corrected chi connectivity index (χ0v) is 12.1. The molecule has 0 saturated heterocycles. The number of hydrogen-bond acceptors (Lipinski definition) is 2. The van der Waals surface area contributed by atoms with Crippen LogP contribution in [-0.2, 0) is 13.0 Å². The molecule has 1 rings (SSSR count). The second-order valence-electron chi connectivity index (χ2n) is 4.85. The molecule has 0 amide bonds. The Kier molecular flexibility index (Phi) is 7.17. The number of nitrogens with one attached hydrogen (secondary N) is 4. The van der Waals surface area contributed by atoms with Crippen molar-refractivity contribution in [2.75, 3.05) is 0 Å². The van der Waals surface area contributed by atoms with Crippen LogP contribution in [0.3, 0.4) is 0 Å². The first-order valence-electron chi connectivity index (χ1n) is 7.13. The van der Waals surface area contributed by atoms with E-state index in [2.05, 4.69) is 35.8 Å². The summed E-state index contributed by atoms with van der Waals surface area (Å²) in [6, 6.07) is 8.28. The predicted octanol–water partition coefficient (Wildman–Crippen LogP) is 2.32. The van der Waals surface area contributed by atoms with Gasteiger partial charge in [0.25, 0.3) is 0 Å². The van der Waals surface area contributed by atoms with Gasteiger partial charge in [0.1, 0.15) is 0 Å². The van der Waals surface area contributed by atoms with E-state index in [1.54, 1.807) is 0 Å². The molecule has 0 aromatic heterocycles. The molecule has 5 nitrogen and oxygen atoms in total. The first kappa shape index (κ1) is 16.0. The molecule has 1 aromatic carbocycles. The minimum Gasteiger partial charge on any atom is -0.370 e. The van der Waals surface area contributed by atoms with Crippen molar-refractivity contribution in [3.63, 3.8) is 0 Å². The van der Waals surface area contributed by atoms with Crippen molar-refractivity contribution in [2.24, 2.45) is 5.73 Å². The van der Waals surface area contributed by atoms with Gasteiger partial charge < -0.3 is 11.1 Å². The van der Waals surface area contributed by atoms with Crippen molar-refractivity contribution in [3.05, 3.63) is 35.4 Å². The Labute approximate surface area is 121 Å². The predicted molar refractivity (Wildman–Crippen MR) is 83.9 cm³/mol. The summed E-state index contributed by atoms with van der Waals surface area (Å²) in [6.45, 7) is 2.79. The molecule has 0 heterocycles. The van der Waals surface area contributed by atoms with Crippen molar-refractivity contribution >= 4 is 11.9 Å². The van der Waals surface area contributed by atoms with E-state index in [-0.39, 0.29) is 11.9 Å². The maximum Gasteiger partial charge on any atom is 0.195 e. The van der Waals surface area contributed by atoms with Gasteiger partial charge in [0, 0.05) is 6.54 Å². The molecule has 0 aliphatic rings. The van der Waals surface area contributed by atoms with Gasteiger partial charge in [-0.1, -0.05) is 50.5 Å². The molecular formula is C15H25N5. The minimum atomic E-state index is -0.227. The van der Waals surface area contributed by atoms with Gasteiger partial charge in [-0.15, -0.1) is 0 Å². The number of nitrogens with two attached hydrogens (primary N) is 1. The number of benzene rings is 1. The lowest BCUT2D eigenvalue weighted by atomic mass is 10.0. The molecule has 0 radical (unpaired) electrons. The summed E-state index contributed by atoms with van der Waals surface area (Å²) >= 11 is 0. The second kappa shape index (κ2) is 8.96. The van der Waals surface area contributed by atoms with Crippen LogP contribution in [-0.4, -0.2) is 11.9 Å². The van der Waals surface area contributed by atoms with Crippen LogP contribution in [0.1, 0.15) is 43.7 Å². The van der Waals surface area contributed by atoms with Gasteiger partial charge in [-0.25, -0.2) is 0 Å². The summed E-state index contributed by atoms with van der Waals surface area (Å²) in [4.78, 5) is 0. The van der Waals surface area contributed by atoms with E-state index in [9.17, 15) is 0 Å². The maximum atomic E-state index is 7.59. The molecule has 0 aliphatic carbocycles. The van der Waals surface area contributed by atoms with E-state index >= 15 is 0 Å². The van der Waals surface area contributed by atoms with E-state index < -0.39 is 0 Å². The Morgan fingerprint density at radius 2 is 1.80 bits per heavy atom. The lowest BCUT2D eigenvalue weighted by Crippen LogP contribution is -2.43. The molecule has 6 N–H and O–H groups in total. The number of unbranched alkanes of at least 4 members (excludes halogenated alkanes) is 3. The van der Waals surface area contributed by atoms with Crippen molar-refractivity contribution < 1.29 is 0 Å². The smallest absolute Gasteiger partial charge is 0.195 e. The molecule has 0 unspecified atom stereocenters. The van der Waals surface area contributed by atoms with Crippen LogP contribution < -0.4 is 16.4 Å². The van der Waals surface area contributed by atoms with E-state index in [4.69, 9.17) is 16.6 Å². The fourth-order valence-corrected chi connectivity index (χ4v) is 2.08. The highest BCUT2D eigenvalue weighted by molar-refractivity contribution is 5.94. The molecule has 0 atom stereocenters. The second-order valence-corrected chi connectivity index (χ2v) is 4.85. The summed E-state index contributed by atoms with van der Waals surface area (Å²) < 4.78 is 0. The third-order valence-corrected chi connectivity index (χ3v) is 3.13. The van der Waals surface area contributed by atoms with Crippen molar-refractivity contribution in [1.82, 2.24) is 10.6 Å². The first-order chi connectivity index (χ1) is 9.63. The normalized spacial score (nSPS) is 10.1. The molecule has 0 saturated carbocycles. The van der Waals surface area contributed by atoms with Crippen molar-refractivity contribution in [2.45, 2.75) is 45.6 Å². The van der Waals surface area contributed by atoms with E-state index in [0.29, 0.717) is 6.54 Å². The monoisotopic (exact) mass is 275 g/mol. The first-order valence-corrected chi connectivity index (χ1v) is 7.13. The highest BCUT2D eigenvalue weighted by atomic mass is 15.2. The highest BCUT2D eigenvalue weighted by Gasteiger charge is 2.03. The number of guanidine groups is 2. The third kappa shape index (κ3) is 6.22. The molecule has 20 heavy (non-hydrogen) atoms. The summed E-state index contributed by atoms with van der Waals surface area (Å²) in [5, 5.41) is 20.0. The van der Waals surface area contributed by atoms with Crippen LogP contribution in [0.5, 0.6) is 0 Å². The minimum absolute atomic E-state index is 0.0540. The maximum absolute atomic E-state index is 7.59. The average Bonchev–Trinajstić information content (AvgIpc) is 2.41. The summed E-state index contributed by atoms with van der Waals surface area (Å²) in [5.41, 5.74) is 7.70. The van der Waals surface area contributed by atoms with Crippen molar-refractivity contribution in [3.8, 4) is 0 Å². The van der Waals surface area contributed by atoms with Gasteiger partial charge in [-0.3, -0.25) is 16.1 Å². The van der Waals surface area contributed by atoms with Crippen LogP contribution in [0.25, 0.3) is 0 Å². The zero-order chi connectivity index (χ0) is 14.8. The molecule has 0 spiro atoms. The molecule has 0 bridgehead atoms. The van der Waals surface area contributed by atoms with Gasteiger partial charge >= 0.3 is 0 Å². The van der Waals surface area contributed by atoms with Gasteiger partial charge in [0.15, 0.2) is 11.9 Å². The van der Waals surface area contributed by atoms with Crippen LogP contribution >= 0.6 is 0 Å². The fourth-order valence-electron chi connectivity index (χ4n) is 2.08. The summed E-state index contributed by atoms with van der Waals surface area (Å²) in [6.07, 6.45) is 6.07. The number of rotatable bonds is 7. The fraction of sp³-hybridized carbons (Fsp3) is 0.467. The van der Waals surface area contributed by atoms with Crippen molar-refractivity contribution in [1.29, 1.82) is 10.8 Å². The SMILES string of the molecule is CCCCCCc1ccccc1CNC(=N)NC(=N)N. The van der Waals surface area contributed by atoms with Gasteiger partial charge in [-0.05, 0) is 24.0 Å². The van der Waals surface area contributed by atoms with Gasteiger partial charge in [0.05, 0.1) is 0 Å². The van der Waals surface area contributed by atoms with Crippen LogP contribution in [0.4, 0.5) is 0 Å². The largest absolute Gasteiger partial charge is 0.370 e. The number of hydrogen-bond donors (Lipinski definition) is 5. The molecule has 0 aliphatic heterocycles. The Hall–Kier alpha value is -2.04. The van der Waals surface area contributed by atoms with Crippen LogP contribution in [0.15, 0.2) is 24.3 Å². The molecule has 110 valence electrons. The average molecular weight is 275 g/mol. The van der Waals surface area contributed by atoms with E-state index in [1.807, 2.05) is 6.07 Å². The topological polar surface area (TPSA) is 97.8 Å². The van der Waals surface area contributed by atoms with Crippen LogP contribution in [0.2, 0.25) is 0 Å². The Balaban J connectivity index is 2.48. The van der Waals surface area contributed by atoms with E-state index in [1.165, 1.54) is 36.8 Å². The Morgan fingerprint density at radius 1 is 1.10 bits per heavy atom. The highest BCUT2D eigenvalue weighted by Crippen LogP contribution is 2.13. The summed E-state index contributed by atoms with van der Waals surface area (Å²) in [5.74, 6) is -0.173.